The molecule has 1 heterocycles. The van der Waals surface area contributed by atoms with Gasteiger partial charge in [-0.2, -0.15) is 0 Å². The number of carboxylic acids is 1. The maximum Gasteiger partial charge on any atom is 0.332 e. The van der Waals surface area contributed by atoms with E-state index >= 15 is 0 Å². The number of rotatable bonds is 8. The number of carboxylic acid groups (broad SMARTS) is 1. The van der Waals surface area contributed by atoms with Crippen molar-refractivity contribution in [3.8, 4) is 0 Å². The number of methoxy groups -OCH3 is 1. The van der Waals surface area contributed by atoms with E-state index in [2.05, 4.69) is 18.7 Å². The topological polar surface area (TPSA) is 59.0 Å². The molecule has 5 nitrogen and oxygen atoms in total. The second kappa shape index (κ2) is 7.71. The molecule has 0 aromatic carbocycles. The standard InChI is InChI=1S/C13H25NO4/c1-10(2)8-14(6-7-17-3)9-11-4-5-12(18-11)13(15)16/h10-12H,4-9H2,1-3H3,(H,15,16). The Bertz CT molecular complexity index is 257. The second-order valence-electron chi connectivity index (χ2n) is 5.31. The van der Waals surface area contributed by atoms with Crippen molar-refractivity contribution in [2.45, 2.75) is 38.9 Å². The highest BCUT2D eigenvalue weighted by molar-refractivity contribution is 5.72. The van der Waals surface area contributed by atoms with Gasteiger partial charge in [0.05, 0.1) is 12.7 Å². The molecule has 1 fully saturated rings. The molecule has 106 valence electrons. The summed E-state index contributed by atoms with van der Waals surface area (Å²) in [7, 11) is 1.69. The van der Waals surface area contributed by atoms with E-state index in [0.29, 0.717) is 18.9 Å². The van der Waals surface area contributed by atoms with Crippen LogP contribution in [-0.2, 0) is 14.3 Å². The molecule has 2 unspecified atom stereocenters. The third-order valence-electron chi connectivity index (χ3n) is 3.08. The fourth-order valence-electron chi connectivity index (χ4n) is 2.30. The first-order chi connectivity index (χ1) is 8.52. The number of aliphatic carboxylic acids is 1. The molecule has 0 bridgehead atoms. The molecule has 0 saturated carbocycles. The van der Waals surface area contributed by atoms with Crippen molar-refractivity contribution in [1.29, 1.82) is 0 Å². The van der Waals surface area contributed by atoms with Crippen LogP contribution in [0, 0.1) is 5.92 Å². The van der Waals surface area contributed by atoms with Crippen LogP contribution in [0.4, 0.5) is 0 Å². The van der Waals surface area contributed by atoms with E-state index in [1.54, 1.807) is 7.11 Å². The second-order valence-corrected chi connectivity index (χ2v) is 5.31. The first kappa shape index (κ1) is 15.4. The maximum absolute atomic E-state index is 10.8. The summed E-state index contributed by atoms with van der Waals surface area (Å²) in [5.41, 5.74) is 0. The van der Waals surface area contributed by atoms with Gasteiger partial charge in [-0.05, 0) is 18.8 Å². The summed E-state index contributed by atoms with van der Waals surface area (Å²) >= 11 is 0. The molecule has 0 amide bonds. The minimum atomic E-state index is -0.843. The fraction of sp³-hybridized carbons (Fsp3) is 0.923. The molecule has 1 aliphatic heterocycles. The predicted octanol–water partition coefficient (Wildman–Crippen LogP) is 1.22. The van der Waals surface area contributed by atoms with Gasteiger partial charge in [0.15, 0.2) is 6.10 Å². The van der Waals surface area contributed by atoms with Crippen LogP contribution in [0.3, 0.4) is 0 Å². The van der Waals surface area contributed by atoms with Crippen LogP contribution < -0.4 is 0 Å². The van der Waals surface area contributed by atoms with Crippen LogP contribution in [0.2, 0.25) is 0 Å². The van der Waals surface area contributed by atoms with Crippen molar-refractivity contribution in [3.05, 3.63) is 0 Å². The summed E-state index contributed by atoms with van der Waals surface area (Å²) in [4.78, 5) is 13.1. The minimum absolute atomic E-state index is 0.0432. The molecule has 18 heavy (non-hydrogen) atoms. The normalized spacial score (nSPS) is 24.1. The number of hydrogen-bond acceptors (Lipinski definition) is 4. The van der Waals surface area contributed by atoms with Crippen molar-refractivity contribution in [2.24, 2.45) is 5.92 Å². The molecular weight excluding hydrogens is 234 g/mol. The van der Waals surface area contributed by atoms with Gasteiger partial charge in [0.1, 0.15) is 0 Å². The highest BCUT2D eigenvalue weighted by Crippen LogP contribution is 2.21. The van der Waals surface area contributed by atoms with Crippen LogP contribution in [0.15, 0.2) is 0 Å². The lowest BCUT2D eigenvalue weighted by Crippen LogP contribution is -2.37. The minimum Gasteiger partial charge on any atom is -0.479 e. The average molecular weight is 259 g/mol. The summed E-state index contributed by atoms with van der Waals surface area (Å²) in [5, 5.41) is 8.89. The summed E-state index contributed by atoms with van der Waals surface area (Å²) in [6, 6.07) is 0. The molecule has 0 aromatic heterocycles. The van der Waals surface area contributed by atoms with Gasteiger partial charge < -0.3 is 14.6 Å². The third kappa shape index (κ3) is 5.33. The van der Waals surface area contributed by atoms with Gasteiger partial charge in [-0.3, -0.25) is 4.90 Å². The Balaban J connectivity index is 2.38. The van der Waals surface area contributed by atoms with E-state index in [1.807, 2.05) is 0 Å². The van der Waals surface area contributed by atoms with Gasteiger partial charge in [0.2, 0.25) is 0 Å². The van der Waals surface area contributed by atoms with Gasteiger partial charge in [-0.25, -0.2) is 4.79 Å². The van der Waals surface area contributed by atoms with Gasteiger partial charge in [0, 0.05) is 26.7 Å². The summed E-state index contributed by atoms with van der Waals surface area (Å²) < 4.78 is 10.6. The summed E-state index contributed by atoms with van der Waals surface area (Å²) in [6.07, 6.45) is 0.887. The zero-order chi connectivity index (χ0) is 13.5. The maximum atomic E-state index is 10.8. The quantitative estimate of drug-likeness (QED) is 0.710. The number of carbonyl (C=O) groups is 1. The molecule has 0 aromatic rings. The molecule has 0 aliphatic carbocycles. The Hall–Kier alpha value is -0.650. The van der Waals surface area contributed by atoms with Crippen molar-refractivity contribution in [1.82, 2.24) is 4.90 Å². The van der Waals surface area contributed by atoms with Crippen molar-refractivity contribution in [2.75, 3.05) is 33.4 Å². The molecular formula is C13H25NO4. The largest absolute Gasteiger partial charge is 0.479 e. The molecule has 1 N–H and O–H groups in total. The molecule has 0 spiro atoms. The molecule has 1 saturated heterocycles. The molecule has 1 aliphatic rings. The molecule has 2 atom stereocenters. The Kier molecular flexibility index (Phi) is 6.60. The highest BCUT2D eigenvalue weighted by Gasteiger charge is 2.31. The third-order valence-corrected chi connectivity index (χ3v) is 3.08. The van der Waals surface area contributed by atoms with E-state index in [1.165, 1.54) is 0 Å². The summed E-state index contributed by atoms with van der Waals surface area (Å²) in [5.74, 6) is -0.261. The average Bonchev–Trinajstić information content (AvgIpc) is 2.73. The zero-order valence-corrected chi connectivity index (χ0v) is 11.6. The Morgan fingerprint density at radius 2 is 2.22 bits per heavy atom. The summed E-state index contributed by atoms with van der Waals surface area (Å²) in [6.45, 7) is 7.70. The number of nitrogens with zero attached hydrogens (tertiary/aromatic N) is 1. The lowest BCUT2D eigenvalue weighted by molar-refractivity contribution is -0.149. The Morgan fingerprint density at radius 1 is 1.50 bits per heavy atom. The van der Waals surface area contributed by atoms with E-state index in [-0.39, 0.29) is 6.10 Å². The smallest absolute Gasteiger partial charge is 0.332 e. The van der Waals surface area contributed by atoms with E-state index < -0.39 is 12.1 Å². The monoisotopic (exact) mass is 259 g/mol. The van der Waals surface area contributed by atoms with Gasteiger partial charge in [0.25, 0.3) is 0 Å². The lowest BCUT2D eigenvalue weighted by Gasteiger charge is -2.26. The van der Waals surface area contributed by atoms with E-state index in [4.69, 9.17) is 14.6 Å². The lowest BCUT2D eigenvalue weighted by atomic mass is 10.1. The fourth-order valence-corrected chi connectivity index (χ4v) is 2.30. The van der Waals surface area contributed by atoms with Crippen molar-refractivity contribution < 1.29 is 19.4 Å². The van der Waals surface area contributed by atoms with Crippen LogP contribution in [0.1, 0.15) is 26.7 Å². The van der Waals surface area contributed by atoms with Gasteiger partial charge in [-0.15, -0.1) is 0 Å². The first-order valence-corrected chi connectivity index (χ1v) is 6.62. The first-order valence-electron chi connectivity index (χ1n) is 6.62. The SMILES string of the molecule is COCCN(CC(C)C)CC1CCC(C(=O)O)O1. The van der Waals surface area contributed by atoms with Crippen LogP contribution >= 0.6 is 0 Å². The van der Waals surface area contributed by atoms with Crippen LogP contribution in [0.25, 0.3) is 0 Å². The highest BCUT2D eigenvalue weighted by atomic mass is 16.5. The van der Waals surface area contributed by atoms with Crippen LogP contribution in [-0.4, -0.2) is 61.5 Å². The molecule has 1 rings (SSSR count). The zero-order valence-electron chi connectivity index (χ0n) is 11.6. The number of ether oxygens (including phenoxy) is 2. The van der Waals surface area contributed by atoms with Crippen molar-refractivity contribution >= 4 is 5.97 Å². The van der Waals surface area contributed by atoms with Crippen LogP contribution in [0.5, 0.6) is 0 Å². The number of hydrogen-bond donors (Lipinski definition) is 1. The van der Waals surface area contributed by atoms with Gasteiger partial charge in [-0.1, -0.05) is 13.8 Å². The van der Waals surface area contributed by atoms with Crippen molar-refractivity contribution in [3.63, 3.8) is 0 Å². The predicted molar refractivity (Wildman–Crippen MR) is 68.7 cm³/mol. The van der Waals surface area contributed by atoms with Gasteiger partial charge >= 0.3 is 5.97 Å². The Labute approximate surface area is 109 Å². The Morgan fingerprint density at radius 3 is 2.72 bits per heavy atom. The molecule has 0 radical (unpaired) electrons. The van der Waals surface area contributed by atoms with E-state index in [0.717, 1.165) is 26.1 Å². The van der Waals surface area contributed by atoms with E-state index in [9.17, 15) is 4.79 Å². The molecule has 5 heteroatoms.